The van der Waals surface area contributed by atoms with Crippen molar-refractivity contribution in [2.24, 2.45) is 5.41 Å². The van der Waals surface area contributed by atoms with Crippen molar-refractivity contribution in [2.75, 3.05) is 19.7 Å². The first-order chi connectivity index (χ1) is 8.89. The van der Waals surface area contributed by atoms with Crippen LogP contribution in [-0.4, -0.2) is 24.8 Å². The molecule has 0 amide bonds. The molecule has 4 rings (SSSR count). The first-order valence-electron chi connectivity index (χ1n) is 7.32. The predicted molar refractivity (Wildman–Crippen MR) is 78.4 cm³/mol. The maximum Gasteiger partial charge on any atom is 0.0500 e. The van der Waals surface area contributed by atoms with Crippen molar-refractivity contribution in [3.8, 4) is 0 Å². The summed E-state index contributed by atoms with van der Waals surface area (Å²) < 4.78 is 0. The smallest absolute Gasteiger partial charge is 0.0500 e. The number of aliphatic hydroxyl groups excluding tert-OH is 1. The van der Waals surface area contributed by atoms with Gasteiger partial charge in [-0.1, -0.05) is 45.0 Å². The molecule has 3 aliphatic rings. The molecule has 2 N–H and O–H groups in total. The molecule has 0 spiro atoms. The van der Waals surface area contributed by atoms with Gasteiger partial charge in [0.1, 0.15) is 0 Å². The summed E-state index contributed by atoms with van der Waals surface area (Å²) in [6.45, 7) is 9.15. The number of hydrogen-bond acceptors (Lipinski definition) is 2. The molecule has 2 saturated heterocycles. The van der Waals surface area contributed by atoms with Crippen LogP contribution >= 0.6 is 0 Å². The first kappa shape index (κ1) is 13.1. The van der Waals surface area contributed by atoms with Crippen LogP contribution < -0.4 is 5.32 Å². The highest BCUT2D eigenvalue weighted by atomic mass is 16.3. The van der Waals surface area contributed by atoms with Crippen molar-refractivity contribution in [1.82, 2.24) is 5.32 Å². The third kappa shape index (κ3) is 2.02. The molecule has 0 unspecified atom stereocenters. The highest BCUT2D eigenvalue weighted by Gasteiger charge is 2.57. The fourth-order valence-electron chi connectivity index (χ4n) is 3.99. The van der Waals surface area contributed by atoms with E-state index in [4.69, 9.17) is 0 Å². The van der Waals surface area contributed by atoms with E-state index in [9.17, 15) is 5.11 Å². The second kappa shape index (κ2) is 4.07. The summed E-state index contributed by atoms with van der Waals surface area (Å²) in [5, 5.41) is 13.1. The molecule has 2 heteroatoms. The van der Waals surface area contributed by atoms with Crippen LogP contribution in [0.2, 0.25) is 0 Å². The van der Waals surface area contributed by atoms with Crippen LogP contribution in [0.15, 0.2) is 24.3 Å². The summed E-state index contributed by atoms with van der Waals surface area (Å²) >= 11 is 0. The van der Waals surface area contributed by atoms with E-state index in [1.165, 1.54) is 11.1 Å². The summed E-state index contributed by atoms with van der Waals surface area (Å²) in [5.41, 5.74) is 3.48. The van der Waals surface area contributed by atoms with Crippen molar-refractivity contribution in [3.05, 3.63) is 35.4 Å². The fraction of sp³-hybridized carbons (Fsp3) is 0.647. The van der Waals surface area contributed by atoms with Crippen LogP contribution in [0, 0.1) is 5.41 Å². The second-order valence-electron chi connectivity index (χ2n) is 7.73. The maximum absolute atomic E-state index is 9.59. The van der Waals surface area contributed by atoms with Gasteiger partial charge >= 0.3 is 0 Å². The number of hydrogen-bond donors (Lipinski definition) is 2. The van der Waals surface area contributed by atoms with Gasteiger partial charge in [-0.15, -0.1) is 0 Å². The first-order valence-corrected chi connectivity index (χ1v) is 7.32. The van der Waals surface area contributed by atoms with Crippen molar-refractivity contribution < 1.29 is 5.11 Å². The molecule has 19 heavy (non-hydrogen) atoms. The Hall–Kier alpha value is -0.860. The lowest BCUT2D eigenvalue weighted by atomic mass is 9.48. The zero-order valence-electron chi connectivity index (χ0n) is 12.3. The highest BCUT2D eigenvalue weighted by molar-refractivity contribution is 5.38. The SMILES string of the molecule is CC(C)(C)c1cccc(C23CNCC(CO)(C2)C3)c1. The normalized spacial score (nSPS) is 33.9. The topological polar surface area (TPSA) is 32.3 Å². The lowest BCUT2D eigenvalue weighted by Gasteiger charge is -2.60. The highest BCUT2D eigenvalue weighted by Crippen LogP contribution is 2.57. The average molecular weight is 259 g/mol. The molecule has 0 aromatic heterocycles. The van der Waals surface area contributed by atoms with Gasteiger partial charge in [0.2, 0.25) is 0 Å². The molecule has 104 valence electrons. The standard InChI is InChI=1S/C17H25NO/c1-15(2,3)13-5-4-6-14(7-13)17-8-16(9-17,12-19)10-18-11-17/h4-7,18-19H,8-12H2,1-3H3. The van der Waals surface area contributed by atoms with Gasteiger partial charge in [-0.05, 0) is 29.4 Å². The summed E-state index contributed by atoms with van der Waals surface area (Å²) in [5.74, 6) is 0. The van der Waals surface area contributed by atoms with Crippen LogP contribution in [0.1, 0.15) is 44.7 Å². The van der Waals surface area contributed by atoms with Crippen molar-refractivity contribution in [3.63, 3.8) is 0 Å². The Labute approximate surface area is 116 Å². The summed E-state index contributed by atoms with van der Waals surface area (Å²) in [4.78, 5) is 0. The molecule has 1 aliphatic carbocycles. The number of rotatable bonds is 2. The van der Waals surface area contributed by atoms with Gasteiger partial charge in [-0.3, -0.25) is 0 Å². The predicted octanol–water partition coefficient (Wildman–Crippen LogP) is 2.60. The monoisotopic (exact) mass is 259 g/mol. The van der Waals surface area contributed by atoms with E-state index in [-0.39, 0.29) is 16.2 Å². The van der Waals surface area contributed by atoms with Gasteiger partial charge in [0.25, 0.3) is 0 Å². The number of aliphatic hydroxyl groups is 1. The van der Waals surface area contributed by atoms with E-state index >= 15 is 0 Å². The number of nitrogens with one attached hydrogen (secondary N) is 1. The Balaban J connectivity index is 1.92. The molecule has 1 aromatic rings. The molecule has 1 aromatic carbocycles. The Morgan fingerprint density at radius 1 is 1.21 bits per heavy atom. The van der Waals surface area contributed by atoms with Gasteiger partial charge in [0.05, 0.1) is 0 Å². The second-order valence-corrected chi connectivity index (χ2v) is 7.73. The van der Waals surface area contributed by atoms with E-state index in [0.29, 0.717) is 6.61 Å². The molecule has 3 fully saturated rings. The lowest BCUT2D eigenvalue weighted by molar-refractivity contribution is -0.0582. The Bertz CT molecular complexity index is 480. The lowest BCUT2D eigenvalue weighted by Crippen LogP contribution is -2.65. The number of fused-ring (bicyclic) bond motifs is 2. The van der Waals surface area contributed by atoms with Gasteiger partial charge < -0.3 is 10.4 Å². The van der Waals surface area contributed by atoms with Crippen molar-refractivity contribution >= 4 is 0 Å². The molecular weight excluding hydrogens is 234 g/mol. The molecular formula is C17H25NO. The van der Waals surface area contributed by atoms with Crippen LogP contribution in [-0.2, 0) is 10.8 Å². The zero-order chi connectivity index (χ0) is 13.7. The quantitative estimate of drug-likeness (QED) is 0.855. The average Bonchev–Trinajstić information content (AvgIpc) is 2.37. The van der Waals surface area contributed by atoms with Gasteiger partial charge in [0, 0.05) is 30.5 Å². The van der Waals surface area contributed by atoms with Crippen molar-refractivity contribution in [1.29, 1.82) is 0 Å². The van der Waals surface area contributed by atoms with Crippen molar-refractivity contribution in [2.45, 2.75) is 44.4 Å². The fourth-order valence-corrected chi connectivity index (χ4v) is 3.99. The van der Waals surface area contributed by atoms with Gasteiger partial charge in [0.15, 0.2) is 0 Å². The minimum Gasteiger partial charge on any atom is -0.396 e. The summed E-state index contributed by atoms with van der Waals surface area (Å²) in [7, 11) is 0. The minimum absolute atomic E-state index is 0.149. The maximum atomic E-state index is 9.59. The zero-order valence-corrected chi connectivity index (χ0v) is 12.3. The summed E-state index contributed by atoms with van der Waals surface area (Å²) in [6.07, 6.45) is 2.27. The van der Waals surface area contributed by atoms with Crippen LogP contribution in [0.25, 0.3) is 0 Å². The molecule has 1 saturated carbocycles. The molecule has 2 bridgehead atoms. The Morgan fingerprint density at radius 2 is 1.95 bits per heavy atom. The molecule has 2 nitrogen and oxygen atoms in total. The van der Waals surface area contributed by atoms with Crippen LogP contribution in [0.3, 0.4) is 0 Å². The Morgan fingerprint density at radius 3 is 2.58 bits per heavy atom. The minimum atomic E-state index is 0.149. The van der Waals surface area contributed by atoms with E-state index in [2.05, 4.69) is 50.4 Å². The number of piperidine rings is 2. The van der Waals surface area contributed by atoms with E-state index in [0.717, 1.165) is 25.9 Å². The molecule has 2 heterocycles. The van der Waals surface area contributed by atoms with Crippen LogP contribution in [0.5, 0.6) is 0 Å². The Kier molecular flexibility index (Phi) is 2.81. The van der Waals surface area contributed by atoms with Crippen LogP contribution in [0.4, 0.5) is 0 Å². The van der Waals surface area contributed by atoms with Gasteiger partial charge in [-0.25, -0.2) is 0 Å². The number of benzene rings is 1. The molecule has 0 radical (unpaired) electrons. The van der Waals surface area contributed by atoms with E-state index < -0.39 is 0 Å². The van der Waals surface area contributed by atoms with E-state index in [1.54, 1.807) is 0 Å². The molecule has 0 atom stereocenters. The third-order valence-electron chi connectivity index (χ3n) is 5.07. The largest absolute Gasteiger partial charge is 0.396 e. The van der Waals surface area contributed by atoms with E-state index in [1.807, 2.05) is 0 Å². The summed E-state index contributed by atoms with van der Waals surface area (Å²) in [6, 6.07) is 9.07. The van der Waals surface area contributed by atoms with Gasteiger partial charge in [-0.2, -0.15) is 0 Å². The molecule has 2 aliphatic heterocycles. The third-order valence-corrected chi connectivity index (χ3v) is 5.07.